The molecule has 0 aromatic heterocycles. The third-order valence-corrected chi connectivity index (χ3v) is 4.74. The van der Waals surface area contributed by atoms with Crippen molar-refractivity contribution < 1.29 is 24.1 Å². The van der Waals surface area contributed by atoms with Crippen molar-refractivity contribution in [2.75, 3.05) is 45.8 Å². The number of amides is 1. The SMILES string of the molecule is C/C=C/c1ccc(OCC(O)CN(CCC)CC(=O)Nc2ccccc2OC)c(OC)c1. The number of ether oxygens (including phenoxy) is 3. The first-order valence-electron chi connectivity index (χ1n) is 10.8. The summed E-state index contributed by atoms with van der Waals surface area (Å²) >= 11 is 0. The number of aliphatic hydroxyl groups excluding tert-OH is 1. The van der Waals surface area contributed by atoms with Crippen LogP contribution in [0.25, 0.3) is 6.08 Å². The van der Waals surface area contributed by atoms with E-state index in [0.717, 1.165) is 12.0 Å². The quantitative estimate of drug-likeness (QED) is 0.491. The van der Waals surface area contributed by atoms with Crippen molar-refractivity contribution >= 4 is 17.7 Å². The van der Waals surface area contributed by atoms with Crippen LogP contribution in [0.2, 0.25) is 0 Å². The Bertz CT molecular complexity index is 884. The molecular weight excluding hydrogens is 408 g/mol. The minimum absolute atomic E-state index is 0.0909. The molecule has 1 amide bonds. The number of rotatable bonds is 13. The van der Waals surface area contributed by atoms with Gasteiger partial charge >= 0.3 is 0 Å². The molecule has 0 aliphatic rings. The van der Waals surface area contributed by atoms with Gasteiger partial charge in [0.1, 0.15) is 18.5 Å². The van der Waals surface area contributed by atoms with Crippen LogP contribution in [0.1, 0.15) is 25.8 Å². The average Bonchev–Trinajstić information content (AvgIpc) is 2.78. The van der Waals surface area contributed by atoms with E-state index in [1.54, 1.807) is 26.4 Å². The molecule has 7 heteroatoms. The normalized spacial score (nSPS) is 12.1. The first kappa shape index (κ1) is 25.2. The molecular formula is C25H34N2O5. The summed E-state index contributed by atoms with van der Waals surface area (Å²) in [7, 11) is 3.15. The second-order valence-electron chi connectivity index (χ2n) is 7.36. The Kier molecular flexibility index (Phi) is 10.6. The van der Waals surface area contributed by atoms with E-state index in [4.69, 9.17) is 14.2 Å². The number of anilines is 1. The van der Waals surface area contributed by atoms with Crippen LogP contribution < -0.4 is 19.5 Å². The van der Waals surface area contributed by atoms with Gasteiger partial charge in [0.15, 0.2) is 11.5 Å². The number of para-hydroxylation sites is 2. The van der Waals surface area contributed by atoms with Crippen LogP contribution in [-0.2, 0) is 4.79 Å². The largest absolute Gasteiger partial charge is 0.495 e. The second kappa shape index (κ2) is 13.4. The zero-order valence-electron chi connectivity index (χ0n) is 19.3. The molecule has 0 aliphatic carbocycles. The highest BCUT2D eigenvalue weighted by Crippen LogP contribution is 2.28. The van der Waals surface area contributed by atoms with E-state index >= 15 is 0 Å². The zero-order valence-corrected chi connectivity index (χ0v) is 19.3. The highest BCUT2D eigenvalue weighted by Gasteiger charge is 2.17. The van der Waals surface area contributed by atoms with Crippen LogP contribution in [0.3, 0.4) is 0 Å². The Balaban J connectivity index is 1.92. The summed E-state index contributed by atoms with van der Waals surface area (Å²) in [5, 5.41) is 13.4. The van der Waals surface area contributed by atoms with Crippen molar-refractivity contribution in [2.45, 2.75) is 26.4 Å². The molecule has 2 aromatic rings. The molecule has 0 heterocycles. The monoisotopic (exact) mass is 442 g/mol. The van der Waals surface area contributed by atoms with E-state index in [1.807, 2.05) is 61.2 Å². The molecule has 2 aromatic carbocycles. The summed E-state index contributed by atoms with van der Waals surface area (Å²) in [5.74, 6) is 1.60. The standard InChI is InChI=1S/C25H34N2O5/c1-5-9-19-12-13-23(24(15-19)31-4)32-18-20(28)16-27(14-6-2)17-25(29)26-21-10-7-8-11-22(21)30-3/h5,7-13,15,20,28H,6,14,16-18H2,1-4H3,(H,26,29)/b9-5+. The average molecular weight is 443 g/mol. The third-order valence-electron chi connectivity index (χ3n) is 4.74. The van der Waals surface area contributed by atoms with Gasteiger partial charge < -0.3 is 24.6 Å². The molecule has 0 bridgehead atoms. The summed E-state index contributed by atoms with van der Waals surface area (Å²) < 4.78 is 16.5. The number of hydrogen-bond acceptors (Lipinski definition) is 6. The zero-order chi connectivity index (χ0) is 23.3. The lowest BCUT2D eigenvalue weighted by atomic mass is 10.2. The number of nitrogens with one attached hydrogen (secondary N) is 1. The number of hydrogen-bond donors (Lipinski definition) is 2. The fourth-order valence-electron chi connectivity index (χ4n) is 3.33. The Labute approximate surface area is 190 Å². The fourth-order valence-corrected chi connectivity index (χ4v) is 3.33. The van der Waals surface area contributed by atoms with Gasteiger partial charge in [-0.1, -0.05) is 37.3 Å². The minimum atomic E-state index is -0.763. The van der Waals surface area contributed by atoms with Crippen molar-refractivity contribution in [1.29, 1.82) is 0 Å². The van der Waals surface area contributed by atoms with Gasteiger partial charge in [-0.3, -0.25) is 9.69 Å². The number of methoxy groups -OCH3 is 2. The maximum atomic E-state index is 12.6. The van der Waals surface area contributed by atoms with E-state index in [-0.39, 0.29) is 19.1 Å². The van der Waals surface area contributed by atoms with Gasteiger partial charge in [0.05, 0.1) is 26.5 Å². The Morgan fingerprint density at radius 3 is 2.56 bits per heavy atom. The molecule has 0 saturated heterocycles. The van der Waals surface area contributed by atoms with Crippen molar-refractivity contribution in [3.63, 3.8) is 0 Å². The maximum Gasteiger partial charge on any atom is 0.238 e. The topological polar surface area (TPSA) is 80.3 Å². The van der Waals surface area contributed by atoms with E-state index in [9.17, 15) is 9.90 Å². The molecule has 1 atom stereocenters. The second-order valence-corrected chi connectivity index (χ2v) is 7.36. The lowest BCUT2D eigenvalue weighted by Gasteiger charge is -2.24. The molecule has 0 spiro atoms. The van der Waals surface area contributed by atoms with Crippen LogP contribution in [0.4, 0.5) is 5.69 Å². The molecule has 7 nitrogen and oxygen atoms in total. The Morgan fingerprint density at radius 2 is 1.88 bits per heavy atom. The van der Waals surface area contributed by atoms with Crippen molar-refractivity contribution in [3.8, 4) is 17.2 Å². The van der Waals surface area contributed by atoms with E-state index in [1.165, 1.54) is 0 Å². The molecule has 0 saturated carbocycles. The molecule has 0 aliphatic heterocycles. The van der Waals surface area contributed by atoms with Gasteiger partial charge in [-0.05, 0) is 49.7 Å². The van der Waals surface area contributed by atoms with E-state index in [2.05, 4.69) is 5.32 Å². The van der Waals surface area contributed by atoms with E-state index in [0.29, 0.717) is 36.0 Å². The highest BCUT2D eigenvalue weighted by molar-refractivity contribution is 5.93. The number of benzene rings is 2. The van der Waals surface area contributed by atoms with Gasteiger partial charge in [0.2, 0.25) is 5.91 Å². The molecule has 174 valence electrons. The number of carbonyl (C=O) groups is 1. The smallest absolute Gasteiger partial charge is 0.238 e. The number of allylic oxidation sites excluding steroid dienone is 1. The van der Waals surface area contributed by atoms with Gasteiger partial charge in [-0.2, -0.15) is 0 Å². The summed E-state index contributed by atoms with van der Waals surface area (Å²) in [6.45, 7) is 5.22. The summed E-state index contributed by atoms with van der Waals surface area (Å²) in [4.78, 5) is 14.5. The number of carbonyl (C=O) groups excluding carboxylic acids is 1. The summed E-state index contributed by atoms with van der Waals surface area (Å²) in [6.07, 6.45) is 4.02. The van der Waals surface area contributed by atoms with Crippen LogP contribution >= 0.6 is 0 Å². The van der Waals surface area contributed by atoms with E-state index < -0.39 is 6.10 Å². The number of aliphatic hydroxyl groups is 1. The van der Waals surface area contributed by atoms with Crippen LogP contribution in [0, 0.1) is 0 Å². The molecule has 1 unspecified atom stereocenters. The fraction of sp³-hybridized carbons (Fsp3) is 0.400. The first-order chi connectivity index (χ1) is 15.5. The first-order valence-corrected chi connectivity index (χ1v) is 10.8. The molecule has 32 heavy (non-hydrogen) atoms. The molecule has 0 fully saturated rings. The predicted molar refractivity (Wildman–Crippen MR) is 128 cm³/mol. The lowest BCUT2D eigenvalue weighted by molar-refractivity contribution is -0.117. The van der Waals surface area contributed by atoms with Gasteiger partial charge in [-0.15, -0.1) is 0 Å². The molecule has 0 radical (unpaired) electrons. The summed E-state index contributed by atoms with van der Waals surface area (Å²) in [6, 6.07) is 12.9. The van der Waals surface area contributed by atoms with Gasteiger partial charge in [-0.25, -0.2) is 0 Å². The lowest BCUT2D eigenvalue weighted by Crippen LogP contribution is -2.40. The molecule has 2 N–H and O–H groups in total. The predicted octanol–water partition coefficient (Wildman–Crippen LogP) is 3.83. The highest BCUT2D eigenvalue weighted by atomic mass is 16.5. The third kappa shape index (κ3) is 7.90. The van der Waals surface area contributed by atoms with Gasteiger partial charge in [0.25, 0.3) is 0 Å². The van der Waals surface area contributed by atoms with Crippen LogP contribution in [-0.4, -0.2) is 62.5 Å². The van der Waals surface area contributed by atoms with Crippen molar-refractivity contribution in [2.24, 2.45) is 0 Å². The van der Waals surface area contributed by atoms with Crippen LogP contribution in [0.15, 0.2) is 48.5 Å². The Morgan fingerprint density at radius 1 is 1.12 bits per heavy atom. The minimum Gasteiger partial charge on any atom is -0.495 e. The van der Waals surface area contributed by atoms with Crippen molar-refractivity contribution in [3.05, 3.63) is 54.1 Å². The molecule has 2 rings (SSSR count). The maximum absolute atomic E-state index is 12.6. The Hall–Kier alpha value is -3.03. The summed E-state index contributed by atoms with van der Waals surface area (Å²) in [5.41, 5.74) is 1.63. The number of nitrogens with zero attached hydrogens (tertiary/aromatic N) is 1. The van der Waals surface area contributed by atoms with Crippen LogP contribution in [0.5, 0.6) is 17.2 Å². The van der Waals surface area contributed by atoms with Gasteiger partial charge in [0, 0.05) is 6.54 Å². The van der Waals surface area contributed by atoms with Crippen molar-refractivity contribution in [1.82, 2.24) is 4.90 Å².